The van der Waals surface area contributed by atoms with Gasteiger partial charge in [-0.1, -0.05) is 63.2 Å². The summed E-state index contributed by atoms with van der Waals surface area (Å²) < 4.78 is 42.6. The largest absolute Gasteiger partial charge is 0.354 e. The predicted octanol–water partition coefficient (Wildman–Crippen LogP) is 5.22. The summed E-state index contributed by atoms with van der Waals surface area (Å²) in [7, 11) is -4.14. The fourth-order valence-electron chi connectivity index (χ4n) is 4.35. The lowest BCUT2D eigenvalue weighted by atomic mass is 10.1. The van der Waals surface area contributed by atoms with E-state index < -0.39 is 34.3 Å². The quantitative estimate of drug-likeness (QED) is 0.325. The molecule has 40 heavy (non-hydrogen) atoms. The number of nitrogens with one attached hydrogen (secondary N) is 1. The zero-order chi connectivity index (χ0) is 29.4. The van der Waals surface area contributed by atoms with Gasteiger partial charge in [0, 0.05) is 13.1 Å². The smallest absolute Gasteiger partial charge is 0.264 e. The average Bonchev–Trinajstić information content (AvgIpc) is 2.93. The number of carbonyl (C=O) groups is 2. The highest BCUT2D eigenvalue weighted by atomic mass is 32.2. The number of hydrogen-bond donors (Lipinski definition) is 1. The minimum Gasteiger partial charge on any atom is -0.354 e. The molecule has 3 aromatic carbocycles. The molecule has 0 fully saturated rings. The number of halogens is 1. The third-order valence-corrected chi connectivity index (χ3v) is 8.35. The number of sulfonamides is 1. The number of anilines is 1. The van der Waals surface area contributed by atoms with Crippen LogP contribution in [-0.2, 0) is 26.2 Å². The van der Waals surface area contributed by atoms with Crippen LogP contribution in [0.5, 0.6) is 0 Å². The van der Waals surface area contributed by atoms with E-state index >= 15 is 0 Å². The Balaban J connectivity index is 2.07. The molecule has 0 aliphatic rings. The van der Waals surface area contributed by atoms with Crippen molar-refractivity contribution in [1.82, 2.24) is 10.2 Å². The predicted molar refractivity (Wildman–Crippen MR) is 156 cm³/mol. The van der Waals surface area contributed by atoms with Gasteiger partial charge >= 0.3 is 0 Å². The standard InChI is InChI=1S/C31H38FN3O4S/c1-6-28(31(37)33-19-22(2)3)34(20-25-14-16-26(32)17-15-25)30(36)21-35(29-18-23(4)12-13-24(29)5)40(38,39)27-10-8-7-9-11-27/h7-18,22,28H,6,19-21H2,1-5H3,(H,33,37)/t28-/m0/s1. The highest BCUT2D eigenvalue weighted by Crippen LogP contribution is 2.28. The van der Waals surface area contributed by atoms with Gasteiger partial charge < -0.3 is 10.2 Å². The molecule has 3 rings (SSSR count). The minimum atomic E-state index is -4.14. The maximum Gasteiger partial charge on any atom is 0.264 e. The number of amides is 2. The van der Waals surface area contributed by atoms with E-state index in [1.54, 1.807) is 50.2 Å². The van der Waals surface area contributed by atoms with Crippen molar-refractivity contribution in [3.8, 4) is 0 Å². The number of hydrogen-bond acceptors (Lipinski definition) is 4. The Hall–Kier alpha value is -3.72. The summed E-state index contributed by atoms with van der Waals surface area (Å²) in [5.41, 5.74) is 2.53. The number of aryl methyl sites for hydroxylation is 2. The van der Waals surface area contributed by atoms with Crippen LogP contribution in [0.4, 0.5) is 10.1 Å². The van der Waals surface area contributed by atoms with Crippen LogP contribution in [0.25, 0.3) is 0 Å². The molecule has 214 valence electrons. The first kappa shape index (κ1) is 30.8. The van der Waals surface area contributed by atoms with Gasteiger partial charge in [-0.15, -0.1) is 0 Å². The summed E-state index contributed by atoms with van der Waals surface area (Å²) >= 11 is 0. The van der Waals surface area contributed by atoms with Gasteiger partial charge in [0.1, 0.15) is 18.4 Å². The summed E-state index contributed by atoms with van der Waals surface area (Å²) in [6, 6.07) is 18.2. The monoisotopic (exact) mass is 567 g/mol. The van der Waals surface area contributed by atoms with E-state index in [4.69, 9.17) is 0 Å². The highest BCUT2D eigenvalue weighted by Gasteiger charge is 2.34. The van der Waals surface area contributed by atoms with Crippen molar-refractivity contribution >= 4 is 27.5 Å². The van der Waals surface area contributed by atoms with Gasteiger partial charge in [-0.2, -0.15) is 0 Å². The lowest BCUT2D eigenvalue weighted by Crippen LogP contribution is -2.52. The van der Waals surface area contributed by atoms with Crippen LogP contribution in [0.15, 0.2) is 77.7 Å². The molecule has 0 aliphatic heterocycles. The number of rotatable bonds is 12. The van der Waals surface area contributed by atoms with Crippen LogP contribution >= 0.6 is 0 Å². The Morgan fingerprint density at radius 2 is 1.60 bits per heavy atom. The van der Waals surface area contributed by atoms with Gasteiger partial charge in [0.25, 0.3) is 10.0 Å². The van der Waals surface area contributed by atoms with Crippen molar-refractivity contribution in [2.45, 2.75) is 58.5 Å². The summed E-state index contributed by atoms with van der Waals surface area (Å²) in [4.78, 5) is 28.8. The Labute approximate surface area is 237 Å². The van der Waals surface area contributed by atoms with E-state index in [1.165, 1.54) is 29.2 Å². The van der Waals surface area contributed by atoms with Gasteiger partial charge in [0.15, 0.2) is 0 Å². The Kier molecular flexibility index (Phi) is 10.5. The highest BCUT2D eigenvalue weighted by molar-refractivity contribution is 7.92. The molecule has 0 spiro atoms. The molecule has 1 atom stereocenters. The molecule has 0 saturated carbocycles. The van der Waals surface area contributed by atoms with E-state index in [2.05, 4.69) is 5.32 Å². The lowest BCUT2D eigenvalue weighted by molar-refractivity contribution is -0.140. The number of benzene rings is 3. The first-order valence-corrected chi connectivity index (χ1v) is 14.8. The molecule has 0 unspecified atom stereocenters. The molecular formula is C31H38FN3O4S. The van der Waals surface area contributed by atoms with Crippen molar-refractivity contribution in [2.75, 3.05) is 17.4 Å². The second-order valence-corrected chi connectivity index (χ2v) is 12.2. The molecule has 2 amide bonds. The van der Waals surface area contributed by atoms with Gasteiger partial charge in [0.2, 0.25) is 11.8 Å². The van der Waals surface area contributed by atoms with Gasteiger partial charge in [-0.3, -0.25) is 13.9 Å². The molecule has 0 bridgehead atoms. The van der Waals surface area contributed by atoms with Crippen molar-refractivity contribution in [3.05, 3.63) is 95.3 Å². The number of nitrogens with zero attached hydrogens (tertiary/aromatic N) is 2. The Morgan fingerprint density at radius 1 is 0.950 bits per heavy atom. The maximum atomic E-state index is 14.1. The molecule has 0 heterocycles. The molecule has 3 aromatic rings. The van der Waals surface area contributed by atoms with Crippen LogP contribution in [0.2, 0.25) is 0 Å². The summed E-state index contributed by atoms with van der Waals surface area (Å²) in [5.74, 6) is -1.08. The Bertz CT molecular complexity index is 1410. The summed E-state index contributed by atoms with van der Waals surface area (Å²) in [6.07, 6.45) is 0.311. The summed E-state index contributed by atoms with van der Waals surface area (Å²) in [5, 5.41) is 2.90. The minimum absolute atomic E-state index is 0.0126. The first-order chi connectivity index (χ1) is 18.9. The normalized spacial score (nSPS) is 12.2. The van der Waals surface area contributed by atoms with Crippen LogP contribution < -0.4 is 9.62 Å². The lowest BCUT2D eigenvalue weighted by Gasteiger charge is -2.33. The second kappa shape index (κ2) is 13.6. The van der Waals surface area contributed by atoms with Crippen molar-refractivity contribution in [1.29, 1.82) is 0 Å². The Morgan fingerprint density at radius 3 is 2.20 bits per heavy atom. The average molecular weight is 568 g/mol. The van der Waals surface area contributed by atoms with Crippen LogP contribution in [0, 0.1) is 25.6 Å². The van der Waals surface area contributed by atoms with Crippen molar-refractivity contribution < 1.29 is 22.4 Å². The van der Waals surface area contributed by atoms with E-state index in [0.29, 0.717) is 29.8 Å². The second-order valence-electron chi connectivity index (χ2n) is 10.3. The van der Waals surface area contributed by atoms with Crippen LogP contribution in [-0.4, -0.2) is 44.3 Å². The van der Waals surface area contributed by atoms with Gasteiger partial charge in [-0.05, 0) is 73.2 Å². The summed E-state index contributed by atoms with van der Waals surface area (Å²) in [6.45, 7) is 9.31. The zero-order valence-electron chi connectivity index (χ0n) is 23.7. The molecule has 0 aliphatic carbocycles. The van der Waals surface area contributed by atoms with Crippen LogP contribution in [0.3, 0.4) is 0 Å². The molecule has 9 heteroatoms. The van der Waals surface area contributed by atoms with E-state index in [-0.39, 0.29) is 23.3 Å². The molecule has 1 N–H and O–H groups in total. The first-order valence-electron chi connectivity index (χ1n) is 13.4. The third kappa shape index (κ3) is 7.69. The third-order valence-electron chi connectivity index (χ3n) is 6.58. The number of carbonyl (C=O) groups excluding carboxylic acids is 2. The van der Waals surface area contributed by atoms with Crippen molar-refractivity contribution in [2.24, 2.45) is 5.92 Å². The van der Waals surface area contributed by atoms with E-state index in [0.717, 1.165) is 9.87 Å². The maximum absolute atomic E-state index is 14.1. The molecule has 0 aromatic heterocycles. The SMILES string of the molecule is CC[C@@H](C(=O)NCC(C)C)N(Cc1ccc(F)cc1)C(=O)CN(c1cc(C)ccc1C)S(=O)(=O)c1ccccc1. The topological polar surface area (TPSA) is 86.8 Å². The molecule has 0 saturated heterocycles. The van der Waals surface area contributed by atoms with Gasteiger partial charge in [-0.25, -0.2) is 12.8 Å². The fourth-order valence-corrected chi connectivity index (χ4v) is 5.84. The molecular weight excluding hydrogens is 529 g/mol. The fraction of sp³-hybridized carbons (Fsp3) is 0.355. The van der Waals surface area contributed by atoms with E-state index in [1.807, 2.05) is 32.9 Å². The van der Waals surface area contributed by atoms with Crippen molar-refractivity contribution in [3.63, 3.8) is 0 Å². The van der Waals surface area contributed by atoms with E-state index in [9.17, 15) is 22.4 Å². The molecule has 0 radical (unpaired) electrons. The van der Waals surface area contributed by atoms with Crippen LogP contribution in [0.1, 0.15) is 43.9 Å². The van der Waals surface area contributed by atoms with Gasteiger partial charge in [0.05, 0.1) is 10.6 Å². The molecule has 7 nitrogen and oxygen atoms in total. The zero-order valence-corrected chi connectivity index (χ0v) is 24.5.